The zero-order valence-corrected chi connectivity index (χ0v) is 7.84. The van der Waals surface area contributed by atoms with Crippen molar-refractivity contribution in [3.05, 3.63) is 0 Å². The monoisotopic (exact) mass is 202 g/mol. The number of aromatic nitrogens is 3. The number of nitrogens with zero attached hydrogens (tertiary/aromatic N) is 3. The first kappa shape index (κ1) is 9.81. The Bertz CT molecular complexity index is 310. The molecule has 0 bridgehead atoms. The van der Waals surface area contributed by atoms with Crippen LogP contribution in [0.15, 0.2) is 5.16 Å². The molecule has 1 rings (SSSR count). The lowest BCUT2D eigenvalue weighted by Gasteiger charge is -1.99. The maximum Gasteiger partial charge on any atom is 0.244 e. The summed E-state index contributed by atoms with van der Waals surface area (Å²) >= 11 is 1.22. The molecule has 5 N–H and O–H groups in total. The van der Waals surface area contributed by atoms with E-state index in [9.17, 15) is 4.79 Å². The average molecular weight is 202 g/mol. The maximum absolute atomic E-state index is 10.8. The summed E-state index contributed by atoms with van der Waals surface area (Å²) in [5.41, 5.74) is 7.44. The molecule has 72 valence electrons. The fourth-order valence-corrected chi connectivity index (χ4v) is 1.35. The number of anilines is 1. The van der Waals surface area contributed by atoms with Gasteiger partial charge in [-0.15, -0.1) is 10.2 Å². The van der Waals surface area contributed by atoms with E-state index in [1.54, 1.807) is 11.6 Å². The van der Waals surface area contributed by atoms with Crippen LogP contribution in [0, 0.1) is 0 Å². The van der Waals surface area contributed by atoms with Gasteiger partial charge in [0.05, 0.1) is 5.75 Å². The number of thioether (sulfide) groups is 1. The summed E-state index contributed by atoms with van der Waals surface area (Å²) in [6.07, 6.45) is 0. The quantitative estimate of drug-likeness (QED) is 0.237. The van der Waals surface area contributed by atoms with Crippen LogP contribution in [-0.4, -0.2) is 26.4 Å². The van der Waals surface area contributed by atoms with Gasteiger partial charge in [0.1, 0.15) is 0 Å². The predicted molar refractivity (Wildman–Crippen MR) is 48.5 cm³/mol. The molecule has 0 aromatic carbocycles. The summed E-state index contributed by atoms with van der Waals surface area (Å²) in [5.74, 6) is 5.14. The van der Waals surface area contributed by atoms with Gasteiger partial charge in [0.2, 0.25) is 11.9 Å². The Morgan fingerprint density at radius 2 is 2.38 bits per heavy atom. The van der Waals surface area contributed by atoms with Crippen molar-refractivity contribution in [3.63, 3.8) is 0 Å². The van der Waals surface area contributed by atoms with Crippen LogP contribution >= 0.6 is 11.8 Å². The third-order valence-corrected chi connectivity index (χ3v) is 2.38. The van der Waals surface area contributed by atoms with E-state index < -0.39 is 0 Å². The van der Waals surface area contributed by atoms with Crippen molar-refractivity contribution in [2.45, 2.75) is 5.16 Å². The van der Waals surface area contributed by atoms with Gasteiger partial charge in [0.25, 0.3) is 0 Å². The number of hydrazine groups is 1. The van der Waals surface area contributed by atoms with Gasteiger partial charge in [-0.1, -0.05) is 11.8 Å². The lowest BCUT2D eigenvalue weighted by Crippen LogP contribution is -2.31. The number of rotatable bonds is 3. The van der Waals surface area contributed by atoms with Gasteiger partial charge in [-0.2, -0.15) is 0 Å². The van der Waals surface area contributed by atoms with Gasteiger partial charge in [0, 0.05) is 7.05 Å². The van der Waals surface area contributed by atoms with E-state index in [4.69, 9.17) is 11.6 Å². The number of carbonyl (C=O) groups excluding carboxylic acids is 1. The molecule has 1 aromatic rings. The van der Waals surface area contributed by atoms with Gasteiger partial charge >= 0.3 is 0 Å². The van der Waals surface area contributed by atoms with Crippen molar-refractivity contribution in [1.29, 1.82) is 0 Å². The van der Waals surface area contributed by atoms with Crippen molar-refractivity contribution in [1.82, 2.24) is 20.2 Å². The third kappa shape index (κ3) is 2.33. The van der Waals surface area contributed by atoms with Crippen molar-refractivity contribution >= 4 is 23.6 Å². The van der Waals surface area contributed by atoms with Gasteiger partial charge in [-0.25, -0.2) is 5.84 Å². The molecular weight excluding hydrogens is 192 g/mol. The number of hydrogen-bond acceptors (Lipinski definition) is 6. The molecule has 7 nitrogen and oxygen atoms in total. The molecule has 1 aromatic heterocycles. The minimum atomic E-state index is -0.272. The van der Waals surface area contributed by atoms with E-state index in [0.29, 0.717) is 11.1 Å². The third-order valence-electron chi connectivity index (χ3n) is 1.36. The molecule has 0 aliphatic heterocycles. The number of amides is 1. The number of nitrogens with two attached hydrogens (primary N) is 2. The zero-order chi connectivity index (χ0) is 9.84. The van der Waals surface area contributed by atoms with E-state index in [1.165, 1.54) is 11.8 Å². The first-order chi connectivity index (χ1) is 6.15. The van der Waals surface area contributed by atoms with Gasteiger partial charge < -0.3 is 5.73 Å². The van der Waals surface area contributed by atoms with Crippen LogP contribution in [0.3, 0.4) is 0 Å². The lowest BCUT2D eigenvalue weighted by atomic mass is 10.8. The number of carbonyl (C=O) groups is 1. The molecular formula is C5H10N6OS. The Morgan fingerprint density at radius 1 is 1.69 bits per heavy atom. The van der Waals surface area contributed by atoms with Crippen LogP contribution in [0.4, 0.5) is 5.95 Å². The molecule has 1 amide bonds. The molecule has 1 heterocycles. The SMILES string of the molecule is Cn1c(N)nnc1SCC(=O)NN. The molecule has 0 saturated carbocycles. The van der Waals surface area contributed by atoms with Crippen molar-refractivity contribution < 1.29 is 4.79 Å². The minimum absolute atomic E-state index is 0.197. The van der Waals surface area contributed by atoms with E-state index in [1.807, 2.05) is 5.43 Å². The molecule has 0 saturated heterocycles. The summed E-state index contributed by atoms with van der Waals surface area (Å²) in [6, 6.07) is 0. The number of nitrogen functional groups attached to an aromatic ring is 1. The predicted octanol–water partition coefficient (Wildman–Crippen LogP) is -1.52. The molecule has 0 aliphatic carbocycles. The van der Waals surface area contributed by atoms with E-state index >= 15 is 0 Å². The standard InChI is InChI=1S/C5H10N6OS/c1-11-4(6)9-10-5(11)13-2-3(12)8-7/h2,7H2,1H3,(H2,6,9)(H,8,12). The molecule has 0 fully saturated rings. The van der Waals surface area contributed by atoms with Crippen molar-refractivity contribution in [2.24, 2.45) is 12.9 Å². The summed E-state index contributed by atoms with van der Waals surface area (Å²) < 4.78 is 1.59. The van der Waals surface area contributed by atoms with E-state index in [0.717, 1.165) is 0 Å². The molecule has 8 heteroatoms. The van der Waals surface area contributed by atoms with Gasteiger partial charge in [-0.05, 0) is 0 Å². The summed E-state index contributed by atoms with van der Waals surface area (Å²) in [4.78, 5) is 10.8. The topological polar surface area (TPSA) is 112 Å². The minimum Gasteiger partial charge on any atom is -0.368 e. The normalized spacial score (nSPS) is 10.0. The van der Waals surface area contributed by atoms with Crippen LogP contribution in [0.5, 0.6) is 0 Å². The maximum atomic E-state index is 10.8. The van der Waals surface area contributed by atoms with Gasteiger partial charge in [0.15, 0.2) is 5.16 Å². The van der Waals surface area contributed by atoms with Gasteiger partial charge in [-0.3, -0.25) is 14.8 Å². The molecule has 0 atom stereocenters. The largest absolute Gasteiger partial charge is 0.368 e. The highest BCUT2D eigenvalue weighted by Gasteiger charge is 2.07. The Balaban J connectivity index is 2.55. The second-order valence-electron chi connectivity index (χ2n) is 2.26. The first-order valence-electron chi connectivity index (χ1n) is 3.42. The van der Waals surface area contributed by atoms with Crippen molar-refractivity contribution in [2.75, 3.05) is 11.5 Å². The molecule has 13 heavy (non-hydrogen) atoms. The molecule has 0 unspecified atom stereocenters. The Morgan fingerprint density at radius 3 is 2.85 bits per heavy atom. The Labute approximate surface area is 78.8 Å². The smallest absolute Gasteiger partial charge is 0.244 e. The molecule has 0 radical (unpaired) electrons. The molecule has 0 spiro atoms. The second-order valence-corrected chi connectivity index (χ2v) is 3.20. The fraction of sp³-hybridized carbons (Fsp3) is 0.400. The highest BCUT2D eigenvalue weighted by atomic mass is 32.2. The summed E-state index contributed by atoms with van der Waals surface area (Å²) in [6.45, 7) is 0. The fourth-order valence-electron chi connectivity index (χ4n) is 0.624. The van der Waals surface area contributed by atoms with E-state index in [2.05, 4.69) is 10.2 Å². The van der Waals surface area contributed by atoms with Crippen LogP contribution in [-0.2, 0) is 11.8 Å². The van der Waals surface area contributed by atoms with Crippen LogP contribution in [0.2, 0.25) is 0 Å². The van der Waals surface area contributed by atoms with Crippen LogP contribution in [0.1, 0.15) is 0 Å². The Kier molecular flexibility index (Phi) is 3.09. The van der Waals surface area contributed by atoms with Crippen molar-refractivity contribution in [3.8, 4) is 0 Å². The molecule has 0 aliphatic rings. The highest BCUT2D eigenvalue weighted by molar-refractivity contribution is 7.99. The number of nitrogens with one attached hydrogen (secondary N) is 1. The zero-order valence-electron chi connectivity index (χ0n) is 7.02. The second kappa shape index (κ2) is 4.10. The summed E-state index contributed by atoms with van der Waals surface area (Å²) in [7, 11) is 1.72. The van der Waals surface area contributed by atoms with Crippen LogP contribution < -0.4 is 17.0 Å². The Hall–Kier alpha value is -1.28. The number of hydrogen-bond donors (Lipinski definition) is 3. The van der Waals surface area contributed by atoms with Crippen LogP contribution in [0.25, 0.3) is 0 Å². The first-order valence-corrected chi connectivity index (χ1v) is 4.41. The lowest BCUT2D eigenvalue weighted by molar-refractivity contribution is -0.118. The van der Waals surface area contributed by atoms with E-state index in [-0.39, 0.29) is 11.7 Å². The summed E-state index contributed by atoms with van der Waals surface area (Å²) in [5, 5.41) is 7.96. The average Bonchev–Trinajstić information content (AvgIpc) is 2.44. The highest BCUT2D eigenvalue weighted by Crippen LogP contribution is 2.15.